The highest BCUT2D eigenvalue weighted by Crippen LogP contribution is 2.26. The Morgan fingerprint density at radius 1 is 1.43 bits per heavy atom. The summed E-state index contributed by atoms with van der Waals surface area (Å²) in [5.74, 6) is -0.293. The molecule has 7 nitrogen and oxygen atoms in total. The fourth-order valence-electron chi connectivity index (χ4n) is 1.63. The summed E-state index contributed by atoms with van der Waals surface area (Å²) in [5, 5.41) is 14.1. The molecule has 3 N–H and O–H groups in total. The SMILES string of the molecule is CC(C)(C)[C@@H](N)C(=O)Nc1cc(-n2cnnn2)ccc1Cl. The molecule has 0 aliphatic carbocycles. The molecule has 0 unspecified atom stereocenters. The lowest BCUT2D eigenvalue weighted by Crippen LogP contribution is -2.45. The normalized spacial score (nSPS) is 13.0. The van der Waals surface area contributed by atoms with Crippen molar-refractivity contribution in [2.45, 2.75) is 26.8 Å². The Labute approximate surface area is 127 Å². The lowest BCUT2D eigenvalue weighted by Gasteiger charge is -2.26. The van der Waals surface area contributed by atoms with Gasteiger partial charge in [-0.2, -0.15) is 0 Å². The number of benzene rings is 1. The van der Waals surface area contributed by atoms with Crippen LogP contribution in [0.2, 0.25) is 5.02 Å². The van der Waals surface area contributed by atoms with Crippen molar-refractivity contribution in [3.63, 3.8) is 0 Å². The van der Waals surface area contributed by atoms with Crippen molar-refractivity contribution in [3.8, 4) is 5.69 Å². The number of amides is 1. The first kappa shape index (κ1) is 15.4. The average molecular weight is 309 g/mol. The number of nitrogens with two attached hydrogens (primary N) is 1. The number of aromatic nitrogens is 4. The van der Waals surface area contributed by atoms with Crippen molar-refractivity contribution in [1.29, 1.82) is 0 Å². The van der Waals surface area contributed by atoms with E-state index >= 15 is 0 Å². The van der Waals surface area contributed by atoms with Crippen molar-refractivity contribution in [2.75, 3.05) is 5.32 Å². The van der Waals surface area contributed by atoms with E-state index in [-0.39, 0.29) is 11.3 Å². The number of carbonyl (C=O) groups excluding carboxylic acids is 1. The Balaban J connectivity index is 2.24. The quantitative estimate of drug-likeness (QED) is 0.898. The third-order valence-corrected chi connectivity index (χ3v) is 3.37. The summed E-state index contributed by atoms with van der Waals surface area (Å²) in [6, 6.07) is 4.45. The van der Waals surface area contributed by atoms with Crippen molar-refractivity contribution >= 4 is 23.2 Å². The number of tetrazole rings is 1. The van der Waals surface area contributed by atoms with Crippen LogP contribution in [0.4, 0.5) is 5.69 Å². The summed E-state index contributed by atoms with van der Waals surface area (Å²) >= 11 is 6.10. The van der Waals surface area contributed by atoms with Gasteiger partial charge in [-0.15, -0.1) is 5.10 Å². The molecule has 0 aliphatic heterocycles. The fourth-order valence-corrected chi connectivity index (χ4v) is 1.80. The van der Waals surface area contributed by atoms with Crippen LogP contribution in [0.1, 0.15) is 20.8 Å². The molecule has 8 heteroatoms. The third kappa shape index (κ3) is 3.56. The molecule has 21 heavy (non-hydrogen) atoms. The number of nitrogens with one attached hydrogen (secondary N) is 1. The van der Waals surface area contributed by atoms with Gasteiger partial charge in [0.1, 0.15) is 6.33 Å². The third-order valence-electron chi connectivity index (χ3n) is 3.04. The van der Waals surface area contributed by atoms with Crippen LogP contribution < -0.4 is 11.1 Å². The summed E-state index contributed by atoms with van der Waals surface area (Å²) in [4.78, 5) is 12.2. The summed E-state index contributed by atoms with van der Waals surface area (Å²) in [6.45, 7) is 5.70. The van der Waals surface area contributed by atoms with Gasteiger partial charge in [-0.05, 0) is 34.0 Å². The molecule has 2 rings (SSSR count). The lowest BCUT2D eigenvalue weighted by atomic mass is 9.87. The van der Waals surface area contributed by atoms with E-state index in [1.807, 2.05) is 20.8 Å². The molecule has 1 amide bonds. The Bertz CT molecular complexity index is 635. The highest BCUT2D eigenvalue weighted by Gasteiger charge is 2.27. The van der Waals surface area contributed by atoms with Gasteiger partial charge >= 0.3 is 0 Å². The second-order valence-corrected chi connectivity index (χ2v) is 6.16. The fraction of sp³-hybridized carbons (Fsp3) is 0.385. The van der Waals surface area contributed by atoms with E-state index in [4.69, 9.17) is 17.3 Å². The smallest absolute Gasteiger partial charge is 0.241 e. The molecule has 1 aromatic heterocycles. The van der Waals surface area contributed by atoms with E-state index < -0.39 is 6.04 Å². The molecule has 1 atom stereocenters. The maximum Gasteiger partial charge on any atom is 0.241 e. The highest BCUT2D eigenvalue weighted by atomic mass is 35.5. The van der Waals surface area contributed by atoms with E-state index in [0.717, 1.165) is 0 Å². The van der Waals surface area contributed by atoms with Gasteiger partial charge in [0.05, 0.1) is 22.4 Å². The first-order valence-corrected chi connectivity index (χ1v) is 6.76. The Morgan fingerprint density at radius 2 is 2.14 bits per heavy atom. The van der Waals surface area contributed by atoms with Crippen LogP contribution in [0, 0.1) is 5.41 Å². The Hall–Kier alpha value is -1.99. The van der Waals surface area contributed by atoms with Crippen molar-refractivity contribution in [2.24, 2.45) is 11.1 Å². The second kappa shape index (κ2) is 5.79. The van der Waals surface area contributed by atoms with E-state index in [1.54, 1.807) is 18.2 Å². The lowest BCUT2D eigenvalue weighted by molar-refractivity contribution is -0.119. The van der Waals surface area contributed by atoms with E-state index in [9.17, 15) is 4.79 Å². The predicted octanol–water partition coefficient (Wildman–Crippen LogP) is 1.63. The van der Waals surface area contributed by atoms with E-state index in [0.29, 0.717) is 16.4 Å². The summed E-state index contributed by atoms with van der Waals surface area (Å²) in [5.41, 5.74) is 6.74. The molecule has 0 aliphatic rings. The molecule has 1 aromatic carbocycles. The monoisotopic (exact) mass is 308 g/mol. The molecule has 0 fully saturated rings. The molecule has 0 spiro atoms. The maximum atomic E-state index is 12.2. The summed E-state index contributed by atoms with van der Waals surface area (Å²) < 4.78 is 1.47. The Morgan fingerprint density at radius 3 is 2.71 bits per heavy atom. The van der Waals surface area contributed by atoms with Crippen molar-refractivity contribution in [3.05, 3.63) is 29.5 Å². The number of halogens is 1. The number of hydrogen-bond donors (Lipinski definition) is 2. The largest absolute Gasteiger partial charge is 0.323 e. The minimum Gasteiger partial charge on any atom is -0.323 e. The van der Waals surface area contributed by atoms with Gasteiger partial charge in [0.15, 0.2) is 0 Å². The number of rotatable bonds is 3. The van der Waals surface area contributed by atoms with Gasteiger partial charge in [-0.3, -0.25) is 4.79 Å². The van der Waals surface area contributed by atoms with Crippen LogP contribution in [0.3, 0.4) is 0 Å². The minimum absolute atomic E-state index is 0.293. The van der Waals surface area contributed by atoms with E-state index in [1.165, 1.54) is 11.0 Å². The molecule has 2 aromatic rings. The Kier molecular flexibility index (Phi) is 4.24. The van der Waals surface area contributed by atoms with Gasteiger partial charge in [0, 0.05) is 0 Å². The number of carbonyl (C=O) groups is 1. The summed E-state index contributed by atoms with van der Waals surface area (Å²) in [6.07, 6.45) is 1.45. The topological polar surface area (TPSA) is 98.7 Å². The second-order valence-electron chi connectivity index (χ2n) is 5.75. The maximum absolute atomic E-state index is 12.2. The molecule has 0 radical (unpaired) electrons. The standard InChI is InChI=1S/C13H17ClN6O/c1-13(2,3)11(15)12(21)17-10-6-8(4-5-9(10)14)20-7-16-18-19-20/h4-7,11H,15H2,1-3H3,(H,17,21)/t11-/m0/s1. The van der Waals surface area contributed by atoms with Crippen LogP contribution in [0.25, 0.3) is 5.69 Å². The van der Waals surface area contributed by atoms with Crippen LogP contribution >= 0.6 is 11.6 Å². The highest BCUT2D eigenvalue weighted by molar-refractivity contribution is 6.33. The number of anilines is 1. The van der Waals surface area contributed by atoms with Crippen LogP contribution in [0.5, 0.6) is 0 Å². The average Bonchev–Trinajstić information content (AvgIpc) is 2.93. The zero-order chi connectivity index (χ0) is 15.6. The molecule has 0 saturated heterocycles. The van der Waals surface area contributed by atoms with Gasteiger partial charge in [-0.25, -0.2) is 4.68 Å². The first-order chi connectivity index (χ1) is 9.79. The van der Waals surface area contributed by atoms with Crippen molar-refractivity contribution in [1.82, 2.24) is 20.2 Å². The molecule has 1 heterocycles. The van der Waals surface area contributed by atoms with Gasteiger partial charge in [-0.1, -0.05) is 32.4 Å². The van der Waals surface area contributed by atoms with Crippen LogP contribution in [-0.2, 0) is 4.79 Å². The summed E-state index contributed by atoms with van der Waals surface area (Å²) in [7, 11) is 0. The zero-order valence-corrected chi connectivity index (χ0v) is 12.8. The van der Waals surface area contributed by atoms with Crippen molar-refractivity contribution < 1.29 is 4.79 Å². The molecular formula is C13H17ClN6O. The van der Waals surface area contributed by atoms with Gasteiger partial charge in [0.2, 0.25) is 5.91 Å². The van der Waals surface area contributed by atoms with Gasteiger partial charge in [0.25, 0.3) is 0 Å². The van der Waals surface area contributed by atoms with Crippen LogP contribution in [0.15, 0.2) is 24.5 Å². The van der Waals surface area contributed by atoms with E-state index in [2.05, 4.69) is 20.8 Å². The number of nitrogens with zero attached hydrogens (tertiary/aromatic N) is 4. The van der Waals surface area contributed by atoms with Crippen LogP contribution in [-0.4, -0.2) is 32.2 Å². The minimum atomic E-state index is -0.648. The molecule has 0 saturated carbocycles. The first-order valence-electron chi connectivity index (χ1n) is 6.38. The number of hydrogen-bond acceptors (Lipinski definition) is 5. The van der Waals surface area contributed by atoms with Gasteiger partial charge < -0.3 is 11.1 Å². The zero-order valence-electron chi connectivity index (χ0n) is 12.0. The molecule has 0 bridgehead atoms. The molecule has 112 valence electrons. The molecular weight excluding hydrogens is 292 g/mol. The predicted molar refractivity (Wildman–Crippen MR) is 80.2 cm³/mol.